The van der Waals surface area contributed by atoms with Crippen molar-refractivity contribution in [2.75, 3.05) is 26.8 Å². The van der Waals surface area contributed by atoms with Crippen molar-refractivity contribution in [1.82, 2.24) is 9.88 Å². The van der Waals surface area contributed by atoms with Crippen molar-refractivity contribution in [3.8, 4) is 16.7 Å². The molecule has 122 valence electrons. The molecule has 6 nitrogen and oxygen atoms in total. The normalized spacial score (nSPS) is 17.1. The van der Waals surface area contributed by atoms with E-state index >= 15 is 0 Å². The number of hydrogen-bond donors (Lipinski definition) is 0. The summed E-state index contributed by atoms with van der Waals surface area (Å²) in [6.07, 6.45) is 2.51. The lowest BCUT2D eigenvalue weighted by atomic mass is 10.3. The lowest BCUT2D eigenvalue weighted by Gasteiger charge is -2.17. The van der Waals surface area contributed by atoms with Crippen molar-refractivity contribution < 1.29 is 19.0 Å². The van der Waals surface area contributed by atoms with E-state index in [4.69, 9.17) is 14.2 Å². The van der Waals surface area contributed by atoms with E-state index in [1.54, 1.807) is 30.3 Å². The maximum absolute atomic E-state index is 12.3. The zero-order valence-corrected chi connectivity index (χ0v) is 13.6. The van der Waals surface area contributed by atoms with Crippen LogP contribution in [0.15, 0.2) is 35.8 Å². The molecule has 1 unspecified atom stereocenters. The predicted octanol–water partition coefficient (Wildman–Crippen LogP) is 2.21. The molecule has 1 atom stereocenters. The number of thiazole rings is 1. The highest BCUT2D eigenvalue weighted by Gasteiger charge is 2.28. The fourth-order valence-electron chi connectivity index (χ4n) is 2.43. The number of rotatable bonds is 6. The third-order valence-corrected chi connectivity index (χ3v) is 4.26. The molecule has 1 aliphatic rings. The first kappa shape index (κ1) is 15.6. The molecule has 0 bridgehead atoms. The van der Waals surface area contributed by atoms with Crippen LogP contribution in [0.5, 0.6) is 16.7 Å². The van der Waals surface area contributed by atoms with Gasteiger partial charge in [0, 0.05) is 24.5 Å². The van der Waals surface area contributed by atoms with Crippen molar-refractivity contribution in [3.63, 3.8) is 0 Å². The van der Waals surface area contributed by atoms with Crippen LogP contribution in [0.3, 0.4) is 0 Å². The summed E-state index contributed by atoms with van der Waals surface area (Å²) in [4.78, 5) is 18.1. The van der Waals surface area contributed by atoms with Gasteiger partial charge >= 0.3 is 0 Å². The quantitative estimate of drug-likeness (QED) is 0.810. The Morgan fingerprint density at radius 2 is 2.22 bits per heavy atom. The van der Waals surface area contributed by atoms with Crippen molar-refractivity contribution in [2.24, 2.45) is 0 Å². The Bertz CT molecular complexity index is 647. The molecule has 0 N–H and O–H groups in total. The van der Waals surface area contributed by atoms with E-state index in [9.17, 15) is 4.79 Å². The van der Waals surface area contributed by atoms with Crippen molar-refractivity contribution in [1.29, 1.82) is 0 Å². The highest BCUT2D eigenvalue weighted by molar-refractivity contribution is 7.11. The van der Waals surface area contributed by atoms with E-state index in [1.807, 2.05) is 17.5 Å². The number of aromatic nitrogens is 1. The molecule has 1 aromatic heterocycles. The molecule has 1 amide bonds. The highest BCUT2D eigenvalue weighted by Crippen LogP contribution is 2.26. The smallest absolute Gasteiger partial charge is 0.273 e. The van der Waals surface area contributed by atoms with Crippen LogP contribution < -0.4 is 14.2 Å². The Labute approximate surface area is 138 Å². The first-order valence-electron chi connectivity index (χ1n) is 7.36. The number of carbonyl (C=O) groups excluding carboxylic acids is 1. The van der Waals surface area contributed by atoms with Crippen LogP contribution in [0.4, 0.5) is 0 Å². The van der Waals surface area contributed by atoms with Crippen molar-refractivity contribution in [3.05, 3.63) is 35.8 Å². The number of hydrogen-bond acceptors (Lipinski definition) is 6. The third-order valence-electron chi connectivity index (χ3n) is 3.60. The van der Waals surface area contributed by atoms with Crippen molar-refractivity contribution >= 4 is 17.2 Å². The van der Waals surface area contributed by atoms with Crippen LogP contribution >= 0.6 is 11.3 Å². The summed E-state index contributed by atoms with van der Waals surface area (Å²) in [6.45, 7) is 1.22. The maximum Gasteiger partial charge on any atom is 0.273 e. The van der Waals surface area contributed by atoms with Crippen molar-refractivity contribution in [2.45, 2.75) is 12.5 Å². The average molecular weight is 334 g/mol. The molecule has 0 radical (unpaired) electrons. The Kier molecular flexibility index (Phi) is 4.97. The number of carbonyl (C=O) groups is 1. The van der Waals surface area contributed by atoms with Gasteiger partial charge in [-0.2, -0.15) is 0 Å². The molecule has 0 spiro atoms. The Morgan fingerprint density at radius 3 is 2.96 bits per heavy atom. The number of amides is 1. The molecular weight excluding hydrogens is 316 g/mol. The van der Waals surface area contributed by atoms with E-state index in [2.05, 4.69) is 4.98 Å². The Hall–Kier alpha value is -2.28. The predicted molar refractivity (Wildman–Crippen MR) is 86.2 cm³/mol. The summed E-state index contributed by atoms with van der Waals surface area (Å²) in [7, 11) is 1.57. The highest BCUT2D eigenvalue weighted by atomic mass is 32.1. The van der Waals surface area contributed by atoms with Gasteiger partial charge in [0.25, 0.3) is 11.1 Å². The number of nitrogens with zero attached hydrogens (tertiary/aromatic N) is 2. The van der Waals surface area contributed by atoms with Gasteiger partial charge in [0.1, 0.15) is 6.10 Å². The van der Waals surface area contributed by atoms with Crippen LogP contribution in [0.1, 0.15) is 6.42 Å². The fraction of sp³-hybridized carbons (Fsp3) is 0.375. The number of ether oxygens (including phenoxy) is 3. The molecule has 23 heavy (non-hydrogen) atoms. The van der Waals surface area contributed by atoms with E-state index in [-0.39, 0.29) is 18.6 Å². The molecule has 1 fully saturated rings. The molecule has 2 aromatic rings. The van der Waals surface area contributed by atoms with Crippen LogP contribution in [0.25, 0.3) is 0 Å². The molecule has 1 aliphatic heterocycles. The number of likely N-dealkylation sites (tertiary alicyclic amines) is 1. The molecule has 1 aromatic carbocycles. The molecule has 7 heteroatoms. The minimum atomic E-state index is -0.0545. The molecule has 2 heterocycles. The van der Waals surface area contributed by atoms with E-state index < -0.39 is 0 Å². The van der Waals surface area contributed by atoms with Gasteiger partial charge in [-0.3, -0.25) is 4.79 Å². The van der Waals surface area contributed by atoms with Gasteiger partial charge in [-0.05, 0) is 12.1 Å². The fourth-order valence-corrected chi connectivity index (χ4v) is 2.98. The summed E-state index contributed by atoms with van der Waals surface area (Å²) in [6, 6.07) is 7.28. The van der Waals surface area contributed by atoms with E-state index in [0.717, 1.165) is 6.42 Å². The van der Waals surface area contributed by atoms with Crippen LogP contribution in [0.2, 0.25) is 0 Å². The van der Waals surface area contributed by atoms with Gasteiger partial charge in [0.05, 0.1) is 13.7 Å². The van der Waals surface area contributed by atoms with Crippen LogP contribution in [0, 0.1) is 0 Å². The lowest BCUT2D eigenvalue weighted by Crippen LogP contribution is -2.34. The maximum atomic E-state index is 12.3. The lowest BCUT2D eigenvalue weighted by molar-refractivity contribution is -0.132. The average Bonchev–Trinajstić information content (AvgIpc) is 3.25. The number of para-hydroxylation sites is 2. The Morgan fingerprint density at radius 1 is 1.39 bits per heavy atom. The summed E-state index contributed by atoms with van der Waals surface area (Å²) in [5.41, 5.74) is 0. The zero-order chi connectivity index (χ0) is 16.1. The molecule has 0 aliphatic carbocycles. The van der Waals surface area contributed by atoms with Gasteiger partial charge in [-0.15, -0.1) is 0 Å². The standard InChI is InChI=1S/C16H18N2O4S/c1-20-13-4-2-3-5-14(13)21-11-15(19)18-8-6-12(10-18)22-16-17-7-9-23-16/h2-5,7,9,12H,6,8,10-11H2,1H3. The second kappa shape index (κ2) is 7.32. The monoisotopic (exact) mass is 334 g/mol. The van der Waals surface area contributed by atoms with Gasteiger partial charge in [-0.25, -0.2) is 4.98 Å². The SMILES string of the molecule is COc1ccccc1OCC(=O)N1CCC(Oc2nccs2)C1. The summed E-state index contributed by atoms with van der Waals surface area (Å²) < 4.78 is 16.5. The van der Waals surface area contributed by atoms with Crippen LogP contribution in [-0.2, 0) is 4.79 Å². The molecule has 1 saturated heterocycles. The number of benzene rings is 1. The second-order valence-electron chi connectivity index (χ2n) is 5.11. The zero-order valence-electron chi connectivity index (χ0n) is 12.8. The third kappa shape index (κ3) is 3.92. The van der Waals surface area contributed by atoms with Gasteiger partial charge < -0.3 is 19.1 Å². The molecule has 3 rings (SSSR count). The first-order chi connectivity index (χ1) is 11.3. The summed E-state index contributed by atoms with van der Waals surface area (Å²) >= 11 is 1.46. The summed E-state index contributed by atoms with van der Waals surface area (Å²) in [5, 5.41) is 2.52. The largest absolute Gasteiger partial charge is 0.493 e. The number of methoxy groups -OCH3 is 1. The molecule has 0 saturated carbocycles. The Balaban J connectivity index is 1.49. The summed E-state index contributed by atoms with van der Waals surface area (Å²) in [5.74, 6) is 1.13. The minimum absolute atomic E-state index is 0.00337. The molecular formula is C16H18N2O4S. The minimum Gasteiger partial charge on any atom is -0.493 e. The van der Waals surface area contributed by atoms with Gasteiger partial charge in [-0.1, -0.05) is 23.5 Å². The van der Waals surface area contributed by atoms with Gasteiger partial charge in [0.15, 0.2) is 18.1 Å². The van der Waals surface area contributed by atoms with E-state index in [0.29, 0.717) is 29.8 Å². The van der Waals surface area contributed by atoms with Gasteiger partial charge in [0.2, 0.25) is 0 Å². The van der Waals surface area contributed by atoms with E-state index in [1.165, 1.54) is 11.3 Å². The first-order valence-corrected chi connectivity index (χ1v) is 8.24. The van der Waals surface area contributed by atoms with Crippen LogP contribution in [-0.4, -0.2) is 48.7 Å². The topological polar surface area (TPSA) is 60.9 Å². The second-order valence-corrected chi connectivity index (χ2v) is 5.96.